The molecule has 0 bridgehead atoms. The highest BCUT2D eigenvalue weighted by Crippen LogP contribution is 2.23. The van der Waals surface area contributed by atoms with E-state index in [1.54, 1.807) is 6.92 Å². The molecular formula is C12H18N2O2. The van der Waals surface area contributed by atoms with Crippen LogP contribution in [0.4, 0.5) is 0 Å². The van der Waals surface area contributed by atoms with Gasteiger partial charge in [0.05, 0.1) is 6.04 Å². The molecule has 2 atom stereocenters. The molecule has 1 fully saturated rings. The summed E-state index contributed by atoms with van der Waals surface area (Å²) in [6, 6.07) is -0.840. The molecule has 0 aliphatic carbocycles. The maximum atomic E-state index is 12.1. The van der Waals surface area contributed by atoms with E-state index in [-0.39, 0.29) is 29.8 Å². The van der Waals surface area contributed by atoms with Crippen LogP contribution in [0.25, 0.3) is 0 Å². The predicted octanol–water partition coefficient (Wildman–Crippen LogP) is 0.381. The van der Waals surface area contributed by atoms with E-state index in [9.17, 15) is 9.59 Å². The Morgan fingerprint density at radius 1 is 1.50 bits per heavy atom. The van der Waals surface area contributed by atoms with Gasteiger partial charge in [0.15, 0.2) is 0 Å². The second kappa shape index (κ2) is 4.17. The van der Waals surface area contributed by atoms with E-state index in [4.69, 9.17) is 6.42 Å². The summed E-state index contributed by atoms with van der Waals surface area (Å²) >= 11 is 0. The van der Waals surface area contributed by atoms with Gasteiger partial charge in [0, 0.05) is 0 Å². The first-order valence-electron chi connectivity index (χ1n) is 5.33. The van der Waals surface area contributed by atoms with Gasteiger partial charge >= 0.3 is 0 Å². The molecule has 1 aliphatic heterocycles. The average molecular weight is 222 g/mol. The van der Waals surface area contributed by atoms with Crippen molar-refractivity contribution in [2.45, 2.75) is 39.8 Å². The van der Waals surface area contributed by atoms with Crippen molar-refractivity contribution in [3.63, 3.8) is 0 Å². The molecule has 0 saturated carbocycles. The molecule has 0 aromatic heterocycles. The number of nitrogens with zero attached hydrogens (tertiary/aromatic N) is 1. The van der Waals surface area contributed by atoms with Crippen LogP contribution < -0.4 is 5.32 Å². The van der Waals surface area contributed by atoms with Crippen LogP contribution in [0.5, 0.6) is 0 Å². The van der Waals surface area contributed by atoms with Gasteiger partial charge in [-0.05, 0) is 12.3 Å². The summed E-state index contributed by atoms with van der Waals surface area (Å²) in [5, 5.41) is 2.72. The SMILES string of the molecule is C#CC(C)N1CC(=O)NC(C(C)(C)C)C1=O. The maximum Gasteiger partial charge on any atom is 0.247 e. The third kappa shape index (κ3) is 2.35. The zero-order valence-corrected chi connectivity index (χ0v) is 10.2. The van der Waals surface area contributed by atoms with Crippen LogP contribution in [-0.2, 0) is 9.59 Å². The number of nitrogens with one attached hydrogen (secondary N) is 1. The minimum atomic E-state index is -0.496. The molecule has 1 saturated heterocycles. The smallest absolute Gasteiger partial charge is 0.247 e. The fraction of sp³-hybridized carbons (Fsp3) is 0.667. The van der Waals surface area contributed by atoms with Crippen molar-refractivity contribution in [3.05, 3.63) is 0 Å². The Labute approximate surface area is 96.4 Å². The Balaban J connectivity index is 2.96. The molecule has 0 radical (unpaired) electrons. The van der Waals surface area contributed by atoms with Crippen molar-refractivity contribution in [1.29, 1.82) is 0 Å². The standard InChI is InChI=1S/C12H18N2O2/c1-6-8(2)14-7-9(15)13-10(11(14)16)12(3,4)5/h1,8,10H,7H2,2-5H3,(H,13,15). The van der Waals surface area contributed by atoms with Gasteiger partial charge in [-0.1, -0.05) is 26.7 Å². The third-order valence-corrected chi connectivity index (χ3v) is 2.72. The van der Waals surface area contributed by atoms with Crippen molar-refractivity contribution in [1.82, 2.24) is 10.2 Å². The first-order valence-corrected chi connectivity index (χ1v) is 5.33. The van der Waals surface area contributed by atoms with Gasteiger partial charge in [0.25, 0.3) is 0 Å². The average Bonchev–Trinajstić information content (AvgIpc) is 2.18. The molecule has 4 nitrogen and oxygen atoms in total. The molecule has 2 amide bonds. The molecule has 1 heterocycles. The van der Waals surface area contributed by atoms with E-state index in [2.05, 4.69) is 11.2 Å². The minimum absolute atomic E-state index is 0.0524. The van der Waals surface area contributed by atoms with E-state index < -0.39 is 6.04 Å². The number of carbonyl (C=O) groups is 2. The lowest BCUT2D eigenvalue weighted by molar-refractivity contribution is -0.148. The number of rotatable bonds is 1. The number of hydrogen-bond acceptors (Lipinski definition) is 2. The van der Waals surface area contributed by atoms with Crippen molar-refractivity contribution < 1.29 is 9.59 Å². The van der Waals surface area contributed by atoms with Gasteiger partial charge < -0.3 is 10.2 Å². The molecule has 0 spiro atoms. The lowest BCUT2D eigenvalue weighted by Crippen LogP contribution is -2.63. The van der Waals surface area contributed by atoms with Crippen molar-refractivity contribution >= 4 is 11.8 Å². The molecule has 0 aromatic carbocycles. The molecule has 16 heavy (non-hydrogen) atoms. The Morgan fingerprint density at radius 3 is 2.50 bits per heavy atom. The second-order valence-electron chi connectivity index (χ2n) is 5.18. The Hall–Kier alpha value is -1.50. The van der Waals surface area contributed by atoms with Gasteiger partial charge in [-0.25, -0.2) is 0 Å². The van der Waals surface area contributed by atoms with Gasteiger partial charge in [0.2, 0.25) is 11.8 Å². The van der Waals surface area contributed by atoms with Crippen LogP contribution in [0.2, 0.25) is 0 Å². The number of amides is 2. The molecule has 2 unspecified atom stereocenters. The van der Waals surface area contributed by atoms with Crippen LogP contribution >= 0.6 is 0 Å². The van der Waals surface area contributed by atoms with Gasteiger partial charge in [-0.3, -0.25) is 9.59 Å². The number of piperazine rings is 1. The maximum absolute atomic E-state index is 12.1. The minimum Gasteiger partial charge on any atom is -0.342 e. The van der Waals surface area contributed by atoms with E-state index in [1.165, 1.54) is 4.90 Å². The first kappa shape index (κ1) is 12.6. The summed E-state index contributed by atoms with van der Waals surface area (Å²) in [7, 11) is 0. The fourth-order valence-corrected chi connectivity index (χ4v) is 1.67. The van der Waals surface area contributed by atoms with Crippen LogP contribution in [0, 0.1) is 17.8 Å². The molecule has 1 N–H and O–H groups in total. The number of terminal acetylenes is 1. The number of carbonyl (C=O) groups excluding carboxylic acids is 2. The lowest BCUT2D eigenvalue weighted by atomic mass is 9.84. The molecule has 88 valence electrons. The highest BCUT2D eigenvalue weighted by Gasteiger charge is 2.41. The molecular weight excluding hydrogens is 204 g/mol. The highest BCUT2D eigenvalue weighted by atomic mass is 16.2. The molecule has 4 heteroatoms. The van der Waals surface area contributed by atoms with E-state index >= 15 is 0 Å². The molecule has 1 rings (SSSR count). The molecule has 0 aromatic rings. The summed E-state index contributed by atoms with van der Waals surface area (Å²) in [5.41, 5.74) is -0.306. The zero-order valence-electron chi connectivity index (χ0n) is 10.2. The largest absolute Gasteiger partial charge is 0.342 e. The van der Waals surface area contributed by atoms with Crippen LogP contribution in [-0.4, -0.2) is 35.3 Å². The highest BCUT2D eigenvalue weighted by molar-refractivity contribution is 5.95. The quantitative estimate of drug-likeness (QED) is 0.652. The third-order valence-electron chi connectivity index (χ3n) is 2.72. The summed E-state index contributed by atoms with van der Waals surface area (Å²) in [5.74, 6) is 2.23. The van der Waals surface area contributed by atoms with Crippen LogP contribution in [0.15, 0.2) is 0 Å². The van der Waals surface area contributed by atoms with Gasteiger partial charge in [-0.2, -0.15) is 0 Å². The molecule has 1 aliphatic rings. The first-order chi connectivity index (χ1) is 7.27. The van der Waals surface area contributed by atoms with E-state index in [0.29, 0.717) is 0 Å². The summed E-state index contributed by atoms with van der Waals surface area (Å²) in [6.07, 6.45) is 5.29. The van der Waals surface area contributed by atoms with Gasteiger partial charge in [-0.15, -0.1) is 6.42 Å². The normalized spacial score (nSPS) is 23.7. The zero-order chi connectivity index (χ0) is 12.5. The van der Waals surface area contributed by atoms with Crippen molar-refractivity contribution in [2.75, 3.05) is 6.54 Å². The predicted molar refractivity (Wildman–Crippen MR) is 61.4 cm³/mol. The van der Waals surface area contributed by atoms with E-state index in [1.807, 2.05) is 20.8 Å². The van der Waals surface area contributed by atoms with Crippen molar-refractivity contribution in [3.8, 4) is 12.3 Å². The topological polar surface area (TPSA) is 49.4 Å². The fourth-order valence-electron chi connectivity index (χ4n) is 1.67. The number of hydrogen-bond donors (Lipinski definition) is 1. The van der Waals surface area contributed by atoms with Crippen molar-refractivity contribution in [2.24, 2.45) is 5.41 Å². The van der Waals surface area contributed by atoms with Crippen LogP contribution in [0.3, 0.4) is 0 Å². The Bertz CT molecular complexity index is 349. The van der Waals surface area contributed by atoms with E-state index in [0.717, 1.165) is 0 Å². The Morgan fingerprint density at radius 2 is 2.06 bits per heavy atom. The van der Waals surface area contributed by atoms with Gasteiger partial charge in [0.1, 0.15) is 12.6 Å². The summed E-state index contributed by atoms with van der Waals surface area (Å²) in [4.78, 5) is 25.1. The second-order valence-corrected chi connectivity index (χ2v) is 5.18. The monoisotopic (exact) mass is 222 g/mol. The summed E-state index contributed by atoms with van der Waals surface area (Å²) in [6.45, 7) is 7.55. The lowest BCUT2D eigenvalue weighted by Gasteiger charge is -2.40. The summed E-state index contributed by atoms with van der Waals surface area (Å²) < 4.78 is 0. The Kier molecular flexibility index (Phi) is 3.27. The van der Waals surface area contributed by atoms with Crippen LogP contribution in [0.1, 0.15) is 27.7 Å².